The first kappa shape index (κ1) is 13.6. The predicted octanol–water partition coefficient (Wildman–Crippen LogP) is 0.834. The van der Waals surface area contributed by atoms with Gasteiger partial charge >= 0.3 is 0 Å². The Morgan fingerprint density at radius 1 is 1.59 bits per heavy atom. The molecule has 5 heteroatoms. The van der Waals surface area contributed by atoms with Gasteiger partial charge in [-0.25, -0.2) is 0 Å². The Kier molecular flexibility index (Phi) is 5.59. The van der Waals surface area contributed by atoms with Gasteiger partial charge in [0.05, 0.1) is 6.61 Å². The lowest BCUT2D eigenvalue weighted by Crippen LogP contribution is -2.23. The van der Waals surface area contributed by atoms with E-state index in [1.807, 2.05) is 26.1 Å². The molecule has 0 spiro atoms. The zero-order valence-electron chi connectivity index (χ0n) is 10.4. The number of ether oxygens (including phenoxy) is 1. The zero-order valence-corrected chi connectivity index (χ0v) is 10.4. The number of pyridine rings is 1. The van der Waals surface area contributed by atoms with Crippen LogP contribution in [-0.4, -0.2) is 42.5 Å². The third kappa shape index (κ3) is 4.93. The normalized spacial score (nSPS) is 10.8. The van der Waals surface area contributed by atoms with Gasteiger partial charge in [-0.15, -0.1) is 0 Å². The van der Waals surface area contributed by atoms with Crippen LogP contribution in [0.2, 0.25) is 0 Å². The maximum atomic E-state index is 7.33. The van der Waals surface area contributed by atoms with Crippen LogP contribution in [0.1, 0.15) is 18.2 Å². The van der Waals surface area contributed by atoms with E-state index >= 15 is 0 Å². The summed E-state index contributed by atoms with van der Waals surface area (Å²) >= 11 is 0. The first-order valence-corrected chi connectivity index (χ1v) is 5.69. The third-order valence-electron chi connectivity index (χ3n) is 2.37. The quantitative estimate of drug-likeness (QED) is 0.418. The number of aromatic nitrogens is 1. The number of nitrogens with two attached hydrogens (primary N) is 1. The summed E-state index contributed by atoms with van der Waals surface area (Å²) in [7, 11) is 2.03. The molecule has 5 nitrogen and oxygen atoms in total. The summed E-state index contributed by atoms with van der Waals surface area (Å²) in [4.78, 5) is 6.19. The van der Waals surface area contributed by atoms with Crippen LogP contribution in [0.4, 0.5) is 0 Å². The summed E-state index contributed by atoms with van der Waals surface area (Å²) in [6, 6.07) is 3.78. The fourth-order valence-corrected chi connectivity index (χ4v) is 1.48. The van der Waals surface area contributed by atoms with Crippen molar-refractivity contribution < 1.29 is 4.74 Å². The van der Waals surface area contributed by atoms with Gasteiger partial charge in [0.15, 0.2) is 0 Å². The molecule has 0 aromatic carbocycles. The highest BCUT2D eigenvalue weighted by molar-refractivity contribution is 5.93. The molecule has 3 N–H and O–H groups in total. The van der Waals surface area contributed by atoms with E-state index in [0.717, 1.165) is 31.9 Å². The second kappa shape index (κ2) is 6.98. The zero-order chi connectivity index (χ0) is 12.7. The number of rotatable bonds is 7. The van der Waals surface area contributed by atoms with E-state index < -0.39 is 0 Å². The molecule has 0 bridgehead atoms. The van der Waals surface area contributed by atoms with Crippen molar-refractivity contribution in [3.63, 3.8) is 0 Å². The van der Waals surface area contributed by atoms with Crippen LogP contribution in [0.15, 0.2) is 18.3 Å². The lowest BCUT2D eigenvalue weighted by atomic mass is 10.2. The molecule has 1 aromatic rings. The van der Waals surface area contributed by atoms with Crippen LogP contribution in [0.25, 0.3) is 0 Å². The number of nitrogen functional groups attached to an aromatic ring is 1. The summed E-state index contributed by atoms with van der Waals surface area (Å²) in [6.45, 7) is 5.15. The molecule has 0 aliphatic carbocycles. The van der Waals surface area contributed by atoms with Crippen LogP contribution in [0.3, 0.4) is 0 Å². The largest absolute Gasteiger partial charge is 0.382 e. The van der Waals surface area contributed by atoms with Crippen molar-refractivity contribution in [3.05, 3.63) is 29.6 Å². The van der Waals surface area contributed by atoms with Crippen molar-refractivity contribution in [1.29, 1.82) is 5.41 Å². The van der Waals surface area contributed by atoms with Crippen molar-refractivity contribution in [2.45, 2.75) is 13.5 Å². The molecular weight excluding hydrogens is 216 g/mol. The van der Waals surface area contributed by atoms with Crippen molar-refractivity contribution in [2.24, 2.45) is 5.73 Å². The molecule has 94 valence electrons. The number of hydrogen-bond donors (Lipinski definition) is 2. The van der Waals surface area contributed by atoms with Gasteiger partial charge in [0, 0.05) is 25.9 Å². The minimum atomic E-state index is 0.00354. The molecule has 0 aliphatic rings. The van der Waals surface area contributed by atoms with Crippen LogP contribution < -0.4 is 5.73 Å². The Morgan fingerprint density at radius 3 is 3.00 bits per heavy atom. The number of hydrogen-bond acceptors (Lipinski definition) is 4. The minimum Gasteiger partial charge on any atom is -0.382 e. The smallest absolute Gasteiger partial charge is 0.141 e. The number of likely N-dealkylation sites (N-methyl/N-ethyl adjacent to an activating group) is 1. The van der Waals surface area contributed by atoms with E-state index in [2.05, 4.69) is 9.88 Å². The molecular formula is C12H20N4O. The van der Waals surface area contributed by atoms with E-state index in [-0.39, 0.29) is 5.84 Å². The van der Waals surface area contributed by atoms with Crippen molar-refractivity contribution >= 4 is 5.84 Å². The van der Waals surface area contributed by atoms with E-state index in [1.54, 1.807) is 6.20 Å². The standard InChI is InChI=1S/C12H20N4O/c1-3-17-7-6-16(2)9-10-4-5-15-11(8-10)12(13)14/h4-5,8H,3,6-7,9H2,1-2H3,(H3,13,14). The lowest BCUT2D eigenvalue weighted by Gasteiger charge is -2.16. The highest BCUT2D eigenvalue weighted by Crippen LogP contribution is 2.04. The molecule has 0 atom stereocenters. The Balaban J connectivity index is 2.50. The second-order valence-corrected chi connectivity index (χ2v) is 3.90. The molecule has 0 fully saturated rings. The van der Waals surface area contributed by atoms with Gasteiger partial charge in [-0.2, -0.15) is 0 Å². The highest BCUT2D eigenvalue weighted by atomic mass is 16.5. The topological polar surface area (TPSA) is 75.2 Å². The van der Waals surface area contributed by atoms with E-state index in [9.17, 15) is 0 Å². The highest BCUT2D eigenvalue weighted by Gasteiger charge is 2.03. The second-order valence-electron chi connectivity index (χ2n) is 3.90. The van der Waals surface area contributed by atoms with Crippen molar-refractivity contribution in [1.82, 2.24) is 9.88 Å². The minimum absolute atomic E-state index is 0.00354. The van der Waals surface area contributed by atoms with Crippen LogP contribution >= 0.6 is 0 Å². The molecule has 0 unspecified atom stereocenters. The fourth-order valence-electron chi connectivity index (χ4n) is 1.48. The monoisotopic (exact) mass is 236 g/mol. The van der Waals surface area contributed by atoms with Gasteiger partial charge in [0.1, 0.15) is 11.5 Å². The van der Waals surface area contributed by atoms with Crippen molar-refractivity contribution in [3.8, 4) is 0 Å². The Labute approximate surface area is 102 Å². The van der Waals surface area contributed by atoms with Gasteiger partial charge < -0.3 is 10.5 Å². The number of amidine groups is 1. The SMILES string of the molecule is CCOCCN(C)Cc1ccnc(C(=N)N)c1. The summed E-state index contributed by atoms with van der Waals surface area (Å²) < 4.78 is 5.30. The Bertz CT molecular complexity index is 367. The van der Waals surface area contributed by atoms with E-state index in [4.69, 9.17) is 15.9 Å². The molecule has 1 aromatic heterocycles. The summed E-state index contributed by atoms with van der Waals surface area (Å²) in [5.41, 5.74) is 7.03. The molecule has 0 radical (unpaired) electrons. The van der Waals surface area contributed by atoms with Gasteiger partial charge in [-0.3, -0.25) is 15.3 Å². The molecule has 1 heterocycles. The van der Waals surface area contributed by atoms with E-state index in [0.29, 0.717) is 5.69 Å². The maximum absolute atomic E-state index is 7.33. The first-order valence-electron chi connectivity index (χ1n) is 5.69. The Hall–Kier alpha value is -1.46. The Morgan fingerprint density at radius 2 is 2.35 bits per heavy atom. The number of nitrogens with one attached hydrogen (secondary N) is 1. The average Bonchev–Trinajstić information content (AvgIpc) is 2.29. The van der Waals surface area contributed by atoms with Crippen molar-refractivity contribution in [2.75, 3.05) is 26.8 Å². The molecule has 0 aliphatic heterocycles. The summed E-state index contributed by atoms with van der Waals surface area (Å²) in [6.07, 6.45) is 1.68. The summed E-state index contributed by atoms with van der Waals surface area (Å²) in [5, 5.41) is 7.33. The van der Waals surface area contributed by atoms with Gasteiger partial charge in [0.25, 0.3) is 0 Å². The fraction of sp³-hybridized carbons (Fsp3) is 0.500. The van der Waals surface area contributed by atoms with Crippen LogP contribution in [0.5, 0.6) is 0 Å². The molecule has 0 saturated heterocycles. The molecule has 0 amide bonds. The van der Waals surface area contributed by atoms with Gasteiger partial charge in [0.2, 0.25) is 0 Å². The summed E-state index contributed by atoms with van der Waals surface area (Å²) in [5.74, 6) is 0.00354. The molecule has 0 saturated carbocycles. The van der Waals surface area contributed by atoms with Gasteiger partial charge in [-0.1, -0.05) is 0 Å². The average molecular weight is 236 g/mol. The molecule has 1 rings (SSSR count). The van der Waals surface area contributed by atoms with Gasteiger partial charge in [-0.05, 0) is 31.7 Å². The van der Waals surface area contributed by atoms with E-state index in [1.165, 1.54) is 0 Å². The third-order valence-corrected chi connectivity index (χ3v) is 2.37. The first-order chi connectivity index (χ1) is 8.13. The van der Waals surface area contributed by atoms with Crippen LogP contribution in [0, 0.1) is 5.41 Å². The number of nitrogens with zero attached hydrogens (tertiary/aromatic N) is 2. The molecule has 17 heavy (non-hydrogen) atoms. The maximum Gasteiger partial charge on any atom is 0.141 e. The predicted molar refractivity (Wildman–Crippen MR) is 68.1 cm³/mol. The van der Waals surface area contributed by atoms with Crippen LogP contribution in [-0.2, 0) is 11.3 Å². The lowest BCUT2D eigenvalue weighted by molar-refractivity contribution is 0.120.